The van der Waals surface area contributed by atoms with E-state index in [2.05, 4.69) is 16.6 Å². The van der Waals surface area contributed by atoms with E-state index >= 15 is 0 Å². The molecule has 0 bridgehead atoms. The number of carbonyl (C=O) groups excluding carboxylic acids is 1. The van der Waals surface area contributed by atoms with Crippen LogP contribution in [0.5, 0.6) is 0 Å². The number of hydrogen-bond donors (Lipinski definition) is 1. The maximum Gasteiger partial charge on any atom is 0.273 e. The van der Waals surface area contributed by atoms with Crippen molar-refractivity contribution in [2.45, 2.75) is 0 Å². The molecule has 1 N–H and O–H groups in total. The van der Waals surface area contributed by atoms with Crippen LogP contribution in [0.15, 0.2) is 84.4 Å². The summed E-state index contributed by atoms with van der Waals surface area (Å²) in [4.78, 5) is 12.6. The molecule has 26 heavy (non-hydrogen) atoms. The van der Waals surface area contributed by atoms with E-state index in [0.29, 0.717) is 5.56 Å². The van der Waals surface area contributed by atoms with Crippen LogP contribution >= 0.6 is 0 Å². The van der Waals surface area contributed by atoms with Gasteiger partial charge in [0.2, 0.25) is 0 Å². The van der Waals surface area contributed by atoms with E-state index in [0.717, 1.165) is 22.2 Å². The SMILES string of the molecule is Cn1cc(C=NNC(=O)c2ccccc2-n2cccc2)c2ccccc21. The molecule has 0 aliphatic rings. The first-order chi connectivity index (χ1) is 12.7. The number of hydrogen-bond acceptors (Lipinski definition) is 2. The Labute approximate surface area is 151 Å². The molecule has 5 heteroatoms. The summed E-state index contributed by atoms with van der Waals surface area (Å²) in [6, 6.07) is 19.4. The van der Waals surface area contributed by atoms with Crippen LogP contribution in [0.25, 0.3) is 16.6 Å². The summed E-state index contributed by atoms with van der Waals surface area (Å²) in [6.45, 7) is 0. The summed E-state index contributed by atoms with van der Waals surface area (Å²) in [7, 11) is 1.99. The maximum atomic E-state index is 12.6. The molecule has 4 rings (SSSR count). The monoisotopic (exact) mass is 342 g/mol. The van der Waals surface area contributed by atoms with Gasteiger partial charge < -0.3 is 9.13 Å². The minimum atomic E-state index is -0.245. The number of fused-ring (bicyclic) bond motifs is 1. The molecule has 0 saturated carbocycles. The molecule has 0 radical (unpaired) electrons. The minimum absolute atomic E-state index is 0.245. The first-order valence-corrected chi connectivity index (χ1v) is 8.34. The van der Waals surface area contributed by atoms with Crippen molar-refractivity contribution >= 4 is 23.0 Å². The summed E-state index contributed by atoms with van der Waals surface area (Å²) in [5, 5.41) is 5.25. The Morgan fingerprint density at radius 1 is 1.00 bits per heavy atom. The largest absolute Gasteiger partial charge is 0.350 e. The Kier molecular flexibility index (Phi) is 4.11. The lowest BCUT2D eigenvalue weighted by Gasteiger charge is -2.08. The quantitative estimate of drug-likeness (QED) is 0.446. The number of carbonyl (C=O) groups is 1. The van der Waals surface area contributed by atoms with Crippen LogP contribution < -0.4 is 5.43 Å². The van der Waals surface area contributed by atoms with E-state index in [-0.39, 0.29) is 5.91 Å². The highest BCUT2D eigenvalue weighted by atomic mass is 16.2. The predicted molar refractivity (Wildman–Crippen MR) is 104 cm³/mol. The zero-order valence-corrected chi connectivity index (χ0v) is 14.3. The van der Waals surface area contributed by atoms with Crippen molar-refractivity contribution in [2.75, 3.05) is 0 Å². The fourth-order valence-electron chi connectivity index (χ4n) is 3.08. The summed E-state index contributed by atoms with van der Waals surface area (Å²) < 4.78 is 3.95. The number of aromatic nitrogens is 2. The molecule has 0 saturated heterocycles. The van der Waals surface area contributed by atoms with Crippen LogP contribution in [0.3, 0.4) is 0 Å². The van der Waals surface area contributed by atoms with Crippen molar-refractivity contribution < 1.29 is 4.79 Å². The lowest BCUT2D eigenvalue weighted by molar-refractivity contribution is 0.0955. The molecule has 4 aromatic rings. The van der Waals surface area contributed by atoms with Gasteiger partial charge >= 0.3 is 0 Å². The molecule has 2 heterocycles. The van der Waals surface area contributed by atoms with Crippen molar-refractivity contribution in [1.29, 1.82) is 0 Å². The van der Waals surface area contributed by atoms with Crippen LogP contribution in [-0.2, 0) is 7.05 Å². The fourth-order valence-corrected chi connectivity index (χ4v) is 3.08. The fraction of sp³-hybridized carbons (Fsp3) is 0.0476. The third-order valence-corrected chi connectivity index (χ3v) is 4.33. The van der Waals surface area contributed by atoms with Gasteiger partial charge in [0.05, 0.1) is 17.5 Å². The molecular formula is C21H18N4O. The number of amides is 1. The van der Waals surface area contributed by atoms with Gasteiger partial charge in [-0.3, -0.25) is 4.79 Å². The standard InChI is InChI=1S/C21H18N4O/c1-24-15-16(17-8-2-4-10-19(17)24)14-22-23-21(26)18-9-3-5-11-20(18)25-12-6-7-13-25/h2-15H,1H3,(H,23,26). The molecule has 128 valence electrons. The Balaban J connectivity index is 1.57. The normalized spacial score (nSPS) is 11.3. The van der Waals surface area contributed by atoms with Gasteiger partial charge in [-0.25, -0.2) is 5.43 Å². The van der Waals surface area contributed by atoms with Crippen LogP contribution in [-0.4, -0.2) is 21.3 Å². The summed E-state index contributed by atoms with van der Waals surface area (Å²) >= 11 is 0. The molecule has 0 aliphatic carbocycles. The molecule has 0 aliphatic heterocycles. The number of rotatable bonds is 4. The van der Waals surface area contributed by atoms with Crippen LogP contribution in [0.4, 0.5) is 0 Å². The van der Waals surface area contributed by atoms with Crippen molar-refractivity contribution in [3.8, 4) is 5.69 Å². The molecule has 5 nitrogen and oxygen atoms in total. The number of para-hydroxylation sites is 2. The topological polar surface area (TPSA) is 51.3 Å². The average Bonchev–Trinajstić information content (AvgIpc) is 3.31. The minimum Gasteiger partial charge on any atom is -0.350 e. The molecule has 0 unspecified atom stereocenters. The van der Waals surface area contributed by atoms with E-state index in [9.17, 15) is 4.79 Å². The van der Waals surface area contributed by atoms with Gasteiger partial charge in [-0.1, -0.05) is 30.3 Å². The summed E-state index contributed by atoms with van der Waals surface area (Å²) in [5.74, 6) is -0.245. The molecule has 0 spiro atoms. The van der Waals surface area contributed by atoms with Gasteiger partial charge in [0.15, 0.2) is 0 Å². The van der Waals surface area contributed by atoms with E-state index in [1.807, 2.05) is 83.3 Å². The number of benzene rings is 2. The molecule has 0 atom stereocenters. The highest BCUT2D eigenvalue weighted by Crippen LogP contribution is 2.18. The van der Waals surface area contributed by atoms with Gasteiger partial charge in [-0.05, 0) is 30.3 Å². The van der Waals surface area contributed by atoms with Crippen molar-refractivity contribution in [3.05, 3.63) is 90.4 Å². The molecule has 0 fully saturated rings. The Morgan fingerprint density at radius 2 is 1.73 bits per heavy atom. The number of nitrogens with zero attached hydrogens (tertiary/aromatic N) is 3. The highest BCUT2D eigenvalue weighted by Gasteiger charge is 2.11. The van der Waals surface area contributed by atoms with Crippen molar-refractivity contribution in [3.63, 3.8) is 0 Å². The Hall–Kier alpha value is -3.60. The number of aryl methyl sites for hydroxylation is 1. The summed E-state index contributed by atoms with van der Waals surface area (Å²) in [6.07, 6.45) is 7.49. The van der Waals surface area contributed by atoms with Gasteiger partial charge in [0, 0.05) is 42.1 Å². The average molecular weight is 342 g/mol. The molecule has 2 aromatic carbocycles. The maximum absolute atomic E-state index is 12.6. The van der Waals surface area contributed by atoms with E-state index in [1.54, 1.807) is 12.3 Å². The number of hydrazone groups is 1. The predicted octanol–water partition coefficient (Wildman–Crippen LogP) is 3.73. The molecule has 1 amide bonds. The van der Waals surface area contributed by atoms with E-state index in [4.69, 9.17) is 0 Å². The highest BCUT2D eigenvalue weighted by molar-refractivity contribution is 6.01. The van der Waals surface area contributed by atoms with Crippen LogP contribution in [0.2, 0.25) is 0 Å². The van der Waals surface area contributed by atoms with Crippen molar-refractivity contribution in [2.24, 2.45) is 12.1 Å². The van der Waals surface area contributed by atoms with E-state index < -0.39 is 0 Å². The lowest BCUT2D eigenvalue weighted by atomic mass is 10.1. The van der Waals surface area contributed by atoms with Crippen LogP contribution in [0, 0.1) is 0 Å². The second-order valence-electron chi connectivity index (χ2n) is 6.02. The second kappa shape index (κ2) is 6.72. The lowest BCUT2D eigenvalue weighted by Crippen LogP contribution is -2.19. The van der Waals surface area contributed by atoms with Gasteiger partial charge in [-0.2, -0.15) is 5.10 Å². The molecule has 2 aromatic heterocycles. The van der Waals surface area contributed by atoms with Gasteiger partial charge in [0.1, 0.15) is 0 Å². The van der Waals surface area contributed by atoms with E-state index in [1.165, 1.54) is 0 Å². The van der Waals surface area contributed by atoms with Crippen molar-refractivity contribution in [1.82, 2.24) is 14.6 Å². The first kappa shape index (κ1) is 15.9. The van der Waals surface area contributed by atoms with Crippen LogP contribution in [0.1, 0.15) is 15.9 Å². The smallest absolute Gasteiger partial charge is 0.273 e. The van der Waals surface area contributed by atoms with Gasteiger partial charge in [0.25, 0.3) is 5.91 Å². The second-order valence-corrected chi connectivity index (χ2v) is 6.02. The zero-order valence-electron chi connectivity index (χ0n) is 14.3. The third-order valence-electron chi connectivity index (χ3n) is 4.33. The van der Waals surface area contributed by atoms with Gasteiger partial charge in [-0.15, -0.1) is 0 Å². The molecular weight excluding hydrogens is 324 g/mol. The number of nitrogens with one attached hydrogen (secondary N) is 1. The Bertz CT molecular complexity index is 1090. The third kappa shape index (κ3) is 2.91. The Morgan fingerprint density at radius 3 is 2.58 bits per heavy atom. The summed E-state index contributed by atoms with van der Waals surface area (Å²) in [5.41, 5.74) is 6.10. The zero-order chi connectivity index (χ0) is 17.9. The first-order valence-electron chi connectivity index (χ1n) is 8.34.